The molecular formula is C8H12N6OS. The van der Waals surface area contributed by atoms with Crippen molar-refractivity contribution in [3.05, 3.63) is 18.0 Å². The Labute approximate surface area is 96.5 Å². The molecule has 2 aromatic heterocycles. The summed E-state index contributed by atoms with van der Waals surface area (Å²) in [6.45, 7) is 0.444. The van der Waals surface area contributed by atoms with Crippen molar-refractivity contribution in [2.24, 2.45) is 7.05 Å². The zero-order valence-electron chi connectivity index (χ0n) is 8.81. The predicted octanol–water partition coefficient (Wildman–Crippen LogP) is -0.309. The number of aromatic nitrogens is 6. The molecule has 16 heavy (non-hydrogen) atoms. The standard InChI is InChI=1S/C8H12N6OS/c1-13-3-2-7(10-13)6-16-8-9-11-12-14(8)4-5-15/h2-3,15H,4-6H2,1H3. The van der Waals surface area contributed by atoms with Gasteiger partial charge in [-0.25, -0.2) is 4.68 Å². The first-order valence-corrected chi connectivity index (χ1v) is 5.76. The summed E-state index contributed by atoms with van der Waals surface area (Å²) in [6, 6.07) is 1.95. The quantitative estimate of drug-likeness (QED) is 0.722. The molecule has 0 bridgehead atoms. The van der Waals surface area contributed by atoms with E-state index in [1.54, 1.807) is 9.36 Å². The van der Waals surface area contributed by atoms with Crippen LogP contribution in [0.1, 0.15) is 5.69 Å². The molecule has 8 heteroatoms. The van der Waals surface area contributed by atoms with E-state index in [-0.39, 0.29) is 6.61 Å². The van der Waals surface area contributed by atoms with Gasteiger partial charge in [0, 0.05) is 19.0 Å². The second-order valence-electron chi connectivity index (χ2n) is 3.18. The molecule has 0 unspecified atom stereocenters. The Morgan fingerprint density at radius 2 is 2.38 bits per heavy atom. The Hall–Kier alpha value is -1.41. The van der Waals surface area contributed by atoms with Gasteiger partial charge in [0.05, 0.1) is 18.8 Å². The highest BCUT2D eigenvalue weighted by atomic mass is 32.2. The molecule has 86 valence electrons. The van der Waals surface area contributed by atoms with E-state index in [2.05, 4.69) is 20.6 Å². The van der Waals surface area contributed by atoms with E-state index in [0.717, 1.165) is 5.69 Å². The lowest BCUT2D eigenvalue weighted by Crippen LogP contribution is -2.05. The first kappa shape index (κ1) is 11.1. The number of tetrazole rings is 1. The summed E-state index contributed by atoms with van der Waals surface area (Å²) in [5.41, 5.74) is 0.978. The fourth-order valence-electron chi connectivity index (χ4n) is 1.21. The maximum Gasteiger partial charge on any atom is 0.209 e. The van der Waals surface area contributed by atoms with Crippen molar-refractivity contribution < 1.29 is 5.11 Å². The number of hydrogen-bond acceptors (Lipinski definition) is 6. The van der Waals surface area contributed by atoms with E-state index in [1.807, 2.05) is 19.3 Å². The SMILES string of the molecule is Cn1ccc(CSc2nnnn2CCO)n1. The molecule has 1 N–H and O–H groups in total. The highest BCUT2D eigenvalue weighted by molar-refractivity contribution is 7.98. The molecule has 0 aliphatic carbocycles. The van der Waals surface area contributed by atoms with Crippen LogP contribution in [0.15, 0.2) is 17.4 Å². The average Bonchev–Trinajstić information content (AvgIpc) is 2.85. The molecule has 2 heterocycles. The van der Waals surface area contributed by atoms with Gasteiger partial charge in [0.15, 0.2) is 0 Å². The first-order chi connectivity index (χ1) is 7.79. The molecule has 2 aromatic rings. The molecular weight excluding hydrogens is 228 g/mol. The minimum absolute atomic E-state index is 0.0299. The van der Waals surface area contributed by atoms with E-state index in [9.17, 15) is 0 Å². The number of aliphatic hydroxyl groups is 1. The molecule has 0 aliphatic heterocycles. The average molecular weight is 240 g/mol. The Morgan fingerprint density at radius 1 is 1.50 bits per heavy atom. The number of nitrogens with zero attached hydrogens (tertiary/aromatic N) is 6. The topological polar surface area (TPSA) is 81.7 Å². The third-order valence-corrected chi connectivity index (χ3v) is 2.92. The summed E-state index contributed by atoms with van der Waals surface area (Å²) in [5, 5.41) is 25.0. The molecule has 0 saturated carbocycles. The number of aryl methyl sites for hydroxylation is 1. The van der Waals surface area contributed by atoms with Gasteiger partial charge in [0.1, 0.15) is 0 Å². The summed E-state index contributed by atoms with van der Waals surface area (Å²) in [4.78, 5) is 0. The molecule has 0 fully saturated rings. The van der Waals surface area contributed by atoms with Crippen LogP contribution in [0.2, 0.25) is 0 Å². The zero-order chi connectivity index (χ0) is 11.4. The van der Waals surface area contributed by atoms with Crippen molar-refractivity contribution in [3.63, 3.8) is 0 Å². The highest BCUT2D eigenvalue weighted by Crippen LogP contribution is 2.18. The van der Waals surface area contributed by atoms with Crippen LogP contribution < -0.4 is 0 Å². The Kier molecular flexibility index (Phi) is 3.52. The molecule has 0 radical (unpaired) electrons. The summed E-state index contributed by atoms with van der Waals surface area (Å²) in [7, 11) is 1.88. The van der Waals surface area contributed by atoms with Crippen LogP contribution in [0, 0.1) is 0 Å². The monoisotopic (exact) mass is 240 g/mol. The van der Waals surface area contributed by atoms with Crippen LogP contribution in [0.4, 0.5) is 0 Å². The summed E-state index contributed by atoms with van der Waals surface area (Å²) < 4.78 is 3.33. The van der Waals surface area contributed by atoms with Crippen LogP contribution in [0.25, 0.3) is 0 Å². The van der Waals surface area contributed by atoms with Crippen molar-refractivity contribution in [2.75, 3.05) is 6.61 Å². The van der Waals surface area contributed by atoms with Crippen molar-refractivity contribution >= 4 is 11.8 Å². The Balaban J connectivity index is 1.96. The lowest BCUT2D eigenvalue weighted by molar-refractivity contribution is 0.262. The minimum Gasteiger partial charge on any atom is -0.394 e. The van der Waals surface area contributed by atoms with Crippen LogP contribution in [0.5, 0.6) is 0 Å². The lowest BCUT2D eigenvalue weighted by atomic mass is 10.5. The molecule has 7 nitrogen and oxygen atoms in total. The third-order valence-electron chi connectivity index (χ3n) is 1.93. The number of hydrogen-bond donors (Lipinski definition) is 1. The fourth-order valence-corrected chi connectivity index (χ4v) is 2.02. The van der Waals surface area contributed by atoms with Gasteiger partial charge in [-0.1, -0.05) is 11.8 Å². The van der Waals surface area contributed by atoms with Crippen molar-refractivity contribution in [1.82, 2.24) is 30.0 Å². The molecule has 0 amide bonds. The second-order valence-corrected chi connectivity index (χ2v) is 4.12. The van der Waals surface area contributed by atoms with Gasteiger partial charge in [-0.15, -0.1) is 5.10 Å². The van der Waals surface area contributed by atoms with Crippen LogP contribution >= 0.6 is 11.8 Å². The minimum atomic E-state index is 0.0299. The van der Waals surface area contributed by atoms with Gasteiger partial charge in [-0.05, 0) is 16.5 Å². The summed E-state index contributed by atoms with van der Waals surface area (Å²) in [5.74, 6) is 0.715. The highest BCUT2D eigenvalue weighted by Gasteiger charge is 2.07. The number of aliphatic hydroxyl groups excluding tert-OH is 1. The number of rotatable bonds is 5. The van der Waals surface area contributed by atoms with Crippen LogP contribution in [-0.4, -0.2) is 41.7 Å². The fraction of sp³-hybridized carbons (Fsp3) is 0.500. The normalized spacial score (nSPS) is 10.9. The molecule has 0 spiro atoms. The molecule has 0 saturated heterocycles. The maximum absolute atomic E-state index is 8.81. The van der Waals surface area contributed by atoms with Gasteiger partial charge in [0.25, 0.3) is 0 Å². The molecule has 0 aromatic carbocycles. The maximum atomic E-state index is 8.81. The predicted molar refractivity (Wildman–Crippen MR) is 57.7 cm³/mol. The Morgan fingerprint density at radius 3 is 3.06 bits per heavy atom. The summed E-state index contributed by atoms with van der Waals surface area (Å²) in [6.07, 6.45) is 1.90. The lowest BCUT2D eigenvalue weighted by Gasteiger charge is -2.00. The molecule has 0 atom stereocenters. The van der Waals surface area contributed by atoms with E-state index in [4.69, 9.17) is 5.11 Å². The molecule has 2 rings (SSSR count). The van der Waals surface area contributed by atoms with Crippen molar-refractivity contribution in [1.29, 1.82) is 0 Å². The van der Waals surface area contributed by atoms with E-state index >= 15 is 0 Å². The van der Waals surface area contributed by atoms with Gasteiger partial charge < -0.3 is 5.11 Å². The van der Waals surface area contributed by atoms with Gasteiger partial charge in [-0.2, -0.15) is 5.10 Å². The molecule has 0 aliphatic rings. The zero-order valence-corrected chi connectivity index (χ0v) is 9.63. The van der Waals surface area contributed by atoms with E-state index in [1.165, 1.54) is 11.8 Å². The first-order valence-electron chi connectivity index (χ1n) is 4.78. The Bertz CT molecular complexity index is 453. The smallest absolute Gasteiger partial charge is 0.209 e. The van der Waals surface area contributed by atoms with Crippen molar-refractivity contribution in [2.45, 2.75) is 17.5 Å². The second kappa shape index (κ2) is 5.08. The van der Waals surface area contributed by atoms with E-state index < -0.39 is 0 Å². The third kappa shape index (κ3) is 2.58. The number of thioether (sulfide) groups is 1. The van der Waals surface area contributed by atoms with Crippen LogP contribution in [-0.2, 0) is 19.3 Å². The van der Waals surface area contributed by atoms with E-state index in [0.29, 0.717) is 17.5 Å². The largest absolute Gasteiger partial charge is 0.394 e. The van der Waals surface area contributed by atoms with Crippen molar-refractivity contribution in [3.8, 4) is 0 Å². The van der Waals surface area contributed by atoms with Gasteiger partial charge in [0.2, 0.25) is 5.16 Å². The van der Waals surface area contributed by atoms with Gasteiger partial charge in [-0.3, -0.25) is 4.68 Å². The summed E-state index contributed by atoms with van der Waals surface area (Å²) >= 11 is 1.50. The van der Waals surface area contributed by atoms with Crippen LogP contribution in [0.3, 0.4) is 0 Å². The van der Waals surface area contributed by atoms with Gasteiger partial charge >= 0.3 is 0 Å².